The highest BCUT2D eigenvalue weighted by Crippen LogP contribution is 2.26. The van der Waals surface area contributed by atoms with Gasteiger partial charge < -0.3 is 15.2 Å². The molecule has 0 radical (unpaired) electrons. The molecule has 0 bridgehead atoms. The first-order valence-corrected chi connectivity index (χ1v) is 10.6. The van der Waals surface area contributed by atoms with Gasteiger partial charge in [0, 0.05) is 61.0 Å². The normalized spacial score (nSPS) is 14.7. The summed E-state index contributed by atoms with van der Waals surface area (Å²) in [6.45, 7) is 2.12. The van der Waals surface area contributed by atoms with Gasteiger partial charge in [-0.15, -0.1) is 12.4 Å². The predicted molar refractivity (Wildman–Crippen MR) is 130 cm³/mol. The van der Waals surface area contributed by atoms with Crippen molar-refractivity contribution in [2.75, 3.05) is 39.0 Å². The fourth-order valence-electron chi connectivity index (χ4n) is 3.69. The number of pyridine rings is 1. The number of rotatable bonds is 5. The first-order valence-electron chi connectivity index (χ1n) is 10.2. The van der Waals surface area contributed by atoms with Gasteiger partial charge in [0.05, 0.1) is 6.54 Å². The maximum atomic E-state index is 12.6. The monoisotopic (exact) mass is 476 g/mol. The van der Waals surface area contributed by atoms with E-state index in [1.165, 1.54) is 0 Å². The number of H-pyrrole nitrogens is 1. The molecule has 170 valence electrons. The number of aromatic amines is 1. The molecule has 0 atom stereocenters. The zero-order valence-electron chi connectivity index (χ0n) is 18.0. The molecule has 8 nitrogen and oxygen atoms in total. The minimum Gasteiger partial charge on any atom is -0.351 e. The summed E-state index contributed by atoms with van der Waals surface area (Å²) >= 11 is 6.25. The molecule has 1 aromatic carbocycles. The van der Waals surface area contributed by atoms with Gasteiger partial charge in [0.1, 0.15) is 5.65 Å². The van der Waals surface area contributed by atoms with Crippen LogP contribution in [0.5, 0.6) is 0 Å². The van der Waals surface area contributed by atoms with E-state index in [0.29, 0.717) is 34.3 Å². The van der Waals surface area contributed by atoms with E-state index < -0.39 is 0 Å². The second-order valence-corrected chi connectivity index (χ2v) is 8.38. The number of carbonyl (C=O) groups is 1. The summed E-state index contributed by atoms with van der Waals surface area (Å²) in [6, 6.07) is 9.22. The largest absolute Gasteiger partial charge is 0.351 e. The van der Waals surface area contributed by atoms with E-state index in [1.807, 2.05) is 18.2 Å². The van der Waals surface area contributed by atoms with Crippen molar-refractivity contribution in [3.05, 3.63) is 51.9 Å². The second-order valence-electron chi connectivity index (χ2n) is 7.97. The van der Waals surface area contributed by atoms with E-state index in [-0.39, 0.29) is 29.9 Å². The number of hydrogen-bond donors (Lipinski definition) is 2. The van der Waals surface area contributed by atoms with Gasteiger partial charge in [-0.1, -0.05) is 29.8 Å². The Morgan fingerprint density at radius 2 is 1.97 bits per heavy atom. The average molecular weight is 477 g/mol. The van der Waals surface area contributed by atoms with Crippen molar-refractivity contribution < 1.29 is 4.79 Å². The highest BCUT2D eigenvalue weighted by Gasteiger charge is 2.22. The Hall–Kier alpha value is -2.68. The molecule has 2 aromatic heterocycles. The van der Waals surface area contributed by atoms with Gasteiger partial charge in [-0.3, -0.25) is 14.5 Å². The highest BCUT2D eigenvalue weighted by atomic mass is 35.5. The summed E-state index contributed by atoms with van der Waals surface area (Å²) in [7, 11) is 3.55. The zero-order valence-corrected chi connectivity index (χ0v) is 19.5. The van der Waals surface area contributed by atoms with Gasteiger partial charge >= 0.3 is 0 Å². The number of benzene rings is 1. The number of likely N-dealkylation sites (N-methyl/N-ethyl adjacent to an activating group) is 1. The van der Waals surface area contributed by atoms with Crippen LogP contribution >= 0.6 is 24.0 Å². The lowest BCUT2D eigenvalue weighted by molar-refractivity contribution is -0.130. The minimum atomic E-state index is -0.246. The standard InChI is InChI=1S/C22H25ClN6O2.ClH/c1-28(2)19(30)13-29-9-7-15(8-10-29)25-22-24-12-14-11-17(21(31)26-20(14)27-22)16-5-3-4-6-18(16)23;/h3-6,11-12,15H,7-10,13H2,1-2H3,(H2,24,25,26,27,31);1H. The quantitative estimate of drug-likeness (QED) is 0.587. The van der Waals surface area contributed by atoms with Crippen molar-refractivity contribution in [2.45, 2.75) is 18.9 Å². The van der Waals surface area contributed by atoms with Crippen molar-refractivity contribution in [3.8, 4) is 11.1 Å². The van der Waals surface area contributed by atoms with Gasteiger partial charge in [0.25, 0.3) is 5.56 Å². The van der Waals surface area contributed by atoms with Crippen LogP contribution in [0.2, 0.25) is 5.02 Å². The summed E-state index contributed by atoms with van der Waals surface area (Å²) in [5, 5.41) is 4.61. The zero-order chi connectivity index (χ0) is 22.0. The number of likely N-dealkylation sites (tertiary alicyclic amines) is 1. The van der Waals surface area contributed by atoms with Crippen molar-refractivity contribution in [3.63, 3.8) is 0 Å². The molecule has 1 aliphatic heterocycles. The minimum absolute atomic E-state index is 0. The van der Waals surface area contributed by atoms with Gasteiger partial charge in [0.2, 0.25) is 11.9 Å². The van der Waals surface area contributed by atoms with Crippen LogP contribution in [0.4, 0.5) is 5.95 Å². The van der Waals surface area contributed by atoms with Crippen LogP contribution in [0.25, 0.3) is 22.2 Å². The molecule has 0 aliphatic carbocycles. The topological polar surface area (TPSA) is 94.2 Å². The van der Waals surface area contributed by atoms with E-state index in [4.69, 9.17) is 11.6 Å². The summed E-state index contributed by atoms with van der Waals surface area (Å²) in [4.78, 5) is 40.1. The van der Waals surface area contributed by atoms with E-state index >= 15 is 0 Å². The van der Waals surface area contributed by atoms with Crippen LogP contribution in [-0.2, 0) is 4.79 Å². The molecule has 1 aliphatic rings. The Bertz CT molecular complexity index is 1160. The number of nitrogens with one attached hydrogen (secondary N) is 2. The van der Waals surface area contributed by atoms with Crippen LogP contribution in [0.3, 0.4) is 0 Å². The van der Waals surface area contributed by atoms with E-state index in [1.54, 1.807) is 37.3 Å². The molecule has 1 fully saturated rings. The third-order valence-corrected chi connectivity index (χ3v) is 5.87. The lowest BCUT2D eigenvalue weighted by Crippen LogP contribution is -2.44. The lowest BCUT2D eigenvalue weighted by Gasteiger charge is -2.32. The number of nitrogens with zero attached hydrogens (tertiary/aromatic N) is 4. The maximum Gasteiger partial charge on any atom is 0.257 e. The van der Waals surface area contributed by atoms with Crippen LogP contribution in [-0.4, -0.2) is 70.4 Å². The lowest BCUT2D eigenvalue weighted by atomic mass is 10.1. The Morgan fingerprint density at radius 1 is 1.25 bits per heavy atom. The number of aromatic nitrogens is 3. The molecule has 0 spiro atoms. The number of piperidine rings is 1. The Balaban J connectivity index is 0.00000289. The molecule has 32 heavy (non-hydrogen) atoms. The van der Waals surface area contributed by atoms with Crippen molar-refractivity contribution in [1.82, 2.24) is 24.8 Å². The molecule has 4 rings (SSSR count). The molecule has 3 heterocycles. The molecule has 3 aromatic rings. The number of amides is 1. The third kappa shape index (κ3) is 5.38. The molecule has 1 amide bonds. The molecular formula is C22H26Cl2N6O2. The highest BCUT2D eigenvalue weighted by molar-refractivity contribution is 6.33. The number of carbonyl (C=O) groups excluding carboxylic acids is 1. The predicted octanol–water partition coefficient (Wildman–Crippen LogP) is 3.02. The van der Waals surface area contributed by atoms with Crippen LogP contribution < -0.4 is 10.9 Å². The Morgan fingerprint density at radius 3 is 2.66 bits per heavy atom. The molecule has 2 N–H and O–H groups in total. The van der Waals surface area contributed by atoms with Crippen LogP contribution in [0, 0.1) is 0 Å². The Kier molecular flexibility index (Phi) is 7.71. The van der Waals surface area contributed by atoms with Gasteiger partial charge in [-0.25, -0.2) is 4.98 Å². The van der Waals surface area contributed by atoms with Crippen molar-refractivity contribution in [1.29, 1.82) is 0 Å². The SMILES string of the molecule is CN(C)C(=O)CN1CCC(Nc2ncc3cc(-c4ccccc4Cl)c(=O)[nH]c3n2)CC1.Cl. The first kappa shape index (κ1) is 24.0. The average Bonchev–Trinajstić information content (AvgIpc) is 2.75. The van der Waals surface area contributed by atoms with Crippen LogP contribution in [0.1, 0.15) is 12.8 Å². The summed E-state index contributed by atoms with van der Waals surface area (Å²) in [6.07, 6.45) is 3.49. The van der Waals surface area contributed by atoms with E-state index in [0.717, 1.165) is 31.3 Å². The molecule has 0 saturated carbocycles. The Labute approximate surface area is 197 Å². The van der Waals surface area contributed by atoms with Gasteiger partial charge in [-0.2, -0.15) is 4.98 Å². The third-order valence-electron chi connectivity index (χ3n) is 5.54. The summed E-state index contributed by atoms with van der Waals surface area (Å²) in [5.74, 6) is 0.598. The second kappa shape index (κ2) is 10.3. The van der Waals surface area contributed by atoms with Gasteiger partial charge in [-0.05, 0) is 25.0 Å². The van der Waals surface area contributed by atoms with Crippen molar-refractivity contribution in [2.24, 2.45) is 0 Å². The number of fused-ring (bicyclic) bond motifs is 1. The van der Waals surface area contributed by atoms with Crippen LogP contribution in [0.15, 0.2) is 41.3 Å². The fraction of sp³-hybridized carbons (Fsp3) is 0.364. The number of halogens is 2. The summed E-state index contributed by atoms with van der Waals surface area (Å²) < 4.78 is 0. The van der Waals surface area contributed by atoms with E-state index in [9.17, 15) is 9.59 Å². The maximum absolute atomic E-state index is 12.6. The van der Waals surface area contributed by atoms with Crippen molar-refractivity contribution >= 4 is 46.9 Å². The summed E-state index contributed by atoms with van der Waals surface area (Å²) in [5.41, 5.74) is 1.40. The van der Waals surface area contributed by atoms with Gasteiger partial charge in [0.15, 0.2) is 0 Å². The molecule has 10 heteroatoms. The van der Waals surface area contributed by atoms with E-state index in [2.05, 4.69) is 25.2 Å². The molecular weight excluding hydrogens is 451 g/mol. The smallest absolute Gasteiger partial charge is 0.257 e. The molecule has 1 saturated heterocycles. The fourth-order valence-corrected chi connectivity index (χ4v) is 3.93. The number of hydrogen-bond acceptors (Lipinski definition) is 6. The number of anilines is 1. The first-order chi connectivity index (χ1) is 14.9. The molecule has 0 unspecified atom stereocenters.